The summed E-state index contributed by atoms with van der Waals surface area (Å²) in [6, 6.07) is 17.9. The van der Waals surface area contributed by atoms with Crippen molar-refractivity contribution in [3.63, 3.8) is 0 Å². The van der Waals surface area contributed by atoms with Crippen LogP contribution in [-0.2, 0) is 9.59 Å². The summed E-state index contributed by atoms with van der Waals surface area (Å²) in [6.07, 6.45) is 2.08. The average Bonchev–Trinajstić information content (AvgIpc) is 2.96. The summed E-state index contributed by atoms with van der Waals surface area (Å²) < 4.78 is 0. The summed E-state index contributed by atoms with van der Waals surface area (Å²) in [7, 11) is 0. The van der Waals surface area contributed by atoms with Crippen molar-refractivity contribution >= 4 is 29.3 Å². The van der Waals surface area contributed by atoms with Crippen LogP contribution in [0.3, 0.4) is 0 Å². The first kappa shape index (κ1) is 19.2. The van der Waals surface area contributed by atoms with Gasteiger partial charge in [-0.25, -0.2) is 9.69 Å². The number of amides is 3. The molecule has 0 spiro atoms. The Morgan fingerprint density at radius 2 is 1.50 bits per heavy atom. The Hall–Kier alpha value is -3.15. The Morgan fingerprint density at radius 1 is 0.962 bits per heavy atom. The molecule has 0 saturated carbocycles. The fourth-order valence-electron chi connectivity index (χ4n) is 2.47. The van der Waals surface area contributed by atoms with Crippen molar-refractivity contribution in [2.45, 2.75) is 26.2 Å². The quantitative estimate of drug-likeness (QED) is 0.826. The predicted molar refractivity (Wildman–Crippen MR) is 100 cm³/mol. The average molecular weight is 354 g/mol. The van der Waals surface area contributed by atoms with Crippen molar-refractivity contribution < 1.29 is 19.5 Å². The lowest BCUT2D eigenvalue weighted by Gasteiger charge is -2.16. The van der Waals surface area contributed by atoms with E-state index in [0.29, 0.717) is 12.1 Å². The lowest BCUT2D eigenvalue weighted by Crippen LogP contribution is -2.32. The lowest BCUT2D eigenvalue weighted by molar-refractivity contribution is -0.137. The van der Waals surface area contributed by atoms with Crippen LogP contribution in [-0.4, -0.2) is 29.6 Å². The highest BCUT2D eigenvalue weighted by molar-refractivity contribution is 6.26. The number of nitrogens with zero attached hydrogens (tertiary/aromatic N) is 2. The molecular formula is C20H22N2O4. The van der Waals surface area contributed by atoms with Gasteiger partial charge in [-0.1, -0.05) is 49.7 Å². The number of carbonyl (C=O) groups is 3. The van der Waals surface area contributed by atoms with Crippen molar-refractivity contribution in [1.29, 1.82) is 0 Å². The van der Waals surface area contributed by atoms with Crippen molar-refractivity contribution in [2.24, 2.45) is 0 Å². The van der Waals surface area contributed by atoms with Crippen LogP contribution in [0.5, 0.6) is 0 Å². The van der Waals surface area contributed by atoms with Gasteiger partial charge in [-0.05, 0) is 30.7 Å². The van der Waals surface area contributed by atoms with Crippen LogP contribution < -0.4 is 9.80 Å². The molecular weight excluding hydrogens is 332 g/mol. The SMILES string of the molecule is CCCCC(=O)O.O=C1CN(c2ccccc2)C(=O)N1c1ccccc1. The van der Waals surface area contributed by atoms with Crippen molar-refractivity contribution in [1.82, 2.24) is 0 Å². The first-order valence-electron chi connectivity index (χ1n) is 8.51. The summed E-state index contributed by atoms with van der Waals surface area (Å²) in [4.78, 5) is 36.8. The Morgan fingerprint density at radius 3 is 1.96 bits per heavy atom. The maximum Gasteiger partial charge on any atom is 0.336 e. The van der Waals surface area contributed by atoms with Gasteiger partial charge in [-0.15, -0.1) is 0 Å². The number of hydrogen-bond donors (Lipinski definition) is 1. The molecule has 6 heteroatoms. The molecule has 1 heterocycles. The number of unbranched alkanes of at least 4 members (excludes halogenated alkanes) is 1. The number of para-hydroxylation sites is 2. The monoisotopic (exact) mass is 354 g/mol. The van der Waals surface area contributed by atoms with Crippen LogP contribution in [0.1, 0.15) is 26.2 Å². The fourth-order valence-corrected chi connectivity index (χ4v) is 2.47. The Kier molecular flexibility index (Phi) is 6.91. The van der Waals surface area contributed by atoms with Crippen LogP contribution in [0.2, 0.25) is 0 Å². The molecule has 0 atom stereocenters. The predicted octanol–water partition coefficient (Wildman–Crippen LogP) is 3.92. The molecule has 1 fully saturated rings. The number of carboxylic acid groups (broad SMARTS) is 1. The second-order valence-electron chi connectivity index (χ2n) is 5.77. The van der Waals surface area contributed by atoms with E-state index in [0.717, 1.165) is 18.5 Å². The van der Waals surface area contributed by atoms with Crippen molar-refractivity contribution in [3.8, 4) is 0 Å². The Bertz CT molecular complexity index is 747. The van der Waals surface area contributed by atoms with Crippen LogP contribution in [0, 0.1) is 0 Å². The molecule has 26 heavy (non-hydrogen) atoms. The van der Waals surface area contributed by atoms with E-state index in [1.54, 1.807) is 24.3 Å². The summed E-state index contributed by atoms with van der Waals surface area (Å²) in [5.41, 5.74) is 1.34. The van der Waals surface area contributed by atoms with Gasteiger partial charge in [0.15, 0.2) is 0 Å². The fraction of sp³-hybridized carbons (Fsp3) is 0.250. The molecule has 0 unspecified atom stereocenters. The number of anilines is 2. The van der Waals surface area contributed by atoms with Gasteiger partial charge in [0.05, 0.1) is 5.69 Å². The highest BCUT2D eigenvalue weighted by Crippen LogP contribution is 2.25. The minimum Gasteiger partial charge on any atom is -0.481 e. The molecule has 2 aromatic carbocycles. The number of hydrogen-bond acceptors (Lipinski definition) is 3. The first-order valence-corrected chi connectivity index (χ1v) is 8.51. The van der Waals surface area contributed by atoms with Crippen LogP contribution in [0.4, 0.5) is 16.2 Å². The number of carboxylic acids is 1. The van der Waals surface area contributed by atoms with E-state index < -0.39 is 5.97 Å². The van der Waals surface area contributed by atoms with Gasteiger partial charge in [0.1, 0.15) is 6.54 Å². The smallest absolute Gasteiger partial charge is 0.336 e. The van der Waals surface area contributed by atoms with Crippen molar-refractivity contribution in [2.75, 3.05) is 16.3 Å². The number of carbonyl (C=O) groups excluding carboxylic acids is 2. The van der Waals surface area contributed by atoms with Gasteiger partial charge in [-0.3, -0.25) is 14.5 Å². The van der Waals surface area contributed by atoms with E-state index in [2.05, 4.69) is 0 Å². The molecule has 1 N–H and O–H groups in total. The van der Waals surface area contributed by atoms with E-state index in [9.17, 15) is 14.4 Å². The first-order chi connectivity index (χ1) is 12.5. The van der Waals surface area contributed by atoms with E-state index in [1.807, 2.05) is 43.3 Å². The molecule has 2 aromatic rings. The van der Waals surface area contributed by atoms with Crippen LogP contribution in [0.25, 0.3) is 0 Å². The van der Waals surface area contributed by atoms with E-state index >= 15 is 0 Å². The molecule has 1 saturated heterocycles. The largest absolute Gasteiger partial charge is 0.481 e. The van der Waals surface area contributed by atoms with E-state index in [1.165, 1.54) is 9.80 Å². The number of urea groups is 1. The van der Waals surface area contributed by atoms with E-state index in [4.69, 9.17) is 5.11 Å². The van der Waals surface area contributed by atoms with E-state index in [-0.39, 0.29) is 18.5 Å². The minimum atomic E-state index is -0.693. The summed E-state index contributed by atoms with van der Waals surface area (Å²) in [5.74, 6) is -0.901. The molecule has 6 nitrogen and oxygen atoms in total. The molecule has 0 aliphatic carbocycles. The molecule has 136 valence electrons. The third kappa shape index (κ3) is 4.92. The van der Waals surface area contributed by atoms with Gasteiger partial charge in [0.2, 0.25) is 0 Å². The van der Waals surface area contributed by atoms with Crippen molar-refractivity contribution in [3.05, 3.63) is 60.7 Å². The molecule has 0 aromatic heterocycles. The third-order valence-electron chi connectivity index (χ3n) is 3.79. The zero-order chi connectivity index (χ0) is 18.9. The maximum absolute atomic E-state index is 12.3. The van der Waals surface area contributed by atoms with Gasteiger partial charge in [-0.2, -0.15) is 0 Å². The maximum atomic E-state index is 12.3. The Labute approximate surface area is 152 Å². The molecule has 1 aliphatic rings. The molecule has 3 amide bonds. The highest BCUT2D eigenvalue weighted by Gasteiger charge is 2.37. The lowest BCUT2D eigenvalue weighted by atomic mass is 10.3. The normalized spacial score (nSPS) is 13.4. The van der Waals surface area contributed by atoms with Gasteiger partial charge in [0, 0.05) is 12.1 Å². The van der Waals surface area contributed by atoms with Gasteiger partial charge >= 0.3 is 12.0 Å². The molecule has 1 aliphatic heterocycles. The molecule has 3 rings (SSSR count). The topological polar surface area (TPSA) is 77.9 Å². The van der Waals surface area contributed by atoms with Crippen LogP contribution >= 0.6 is 0 Å². The number of imide groups is 1. The standard InChI is InChI=1S/C15H12N2O2.C5H10O2/c18-14-11-16(12-7-3-1-4-8-12)15(19)17(14)13-9-5-2-6-10-13;1-2-3-4-5(6)7/h1-10H,11H2;2-4H2,1H3,(H,6,7). The molecule has 0 radical (unpaired) electrons. The molecule has 0 bridgehead atoms. The van der Waals surface area contributed by atoms with Crippen LogP contribution in [0.15, 0.2) is 60.7 Å². The number of aliphatic carboxylic acids is 1. The number of benzene rings is 2. The summed E-state index contributed by atoms with van der Waals surface area (Å²) in [6.45, 7) is 2.06. The minimum absolute atomic E-state index is 0.0811. The van der Waals surface area contributed by atoms with Gasteiger partial charge < -0.3 is 5.11 Å². The summed E-state index contributed by atoms with van der Waals surface area (Å²) in [5, 5.41) is 8.04. The zero-order valence-electron chi connectivity index (χ0n) is 14.7. The Balaban J connectivity index is 0.000000298. The third-order valence-corrected chi connectivity index (χ3v) is 3.79. The summed E-state index contributed by atoms with van der Waals surface area (Å²) >= 11 is 0. The number of rotatable bonds is 5. The highest BCUT2D eigenvalue weighted by atomic mass is 16.4. The second kappa shape index (κ2) is 9.36. The zero-order valence-corrected chi connectivity index (χ0v) is 14.7. The van der Waals surface area contributed by atoms with Gasteiger partial charge in [0.25, 0.3) is 5.91 Å². The second-order valence-corrected chi connectivity index (χ2v) is 5.77.